The minimum atomic E-state index is -0.456. The number of amides is 1. The van der Waals surface area contributed by atoms with E-state index in [0.717, 1.165) is 38.9 Å². The van der Waals surface area contributed by atoms with Crippen molar-refractivity contribution in [3.05, 3.63) is 0 Å². The third-order valence-electron chi connectivity index (χ3n) is 3.05. The molecule has 0 saturated carbocycles. The smallest absolute Gasteiger partial charge is 0.407 e. The maximum Gasteiger partial charge on any atom is 0.407 e. The van der Waals surface area contributed by atoms with Crippen LogP contribution in [0.3, 0.4) is 0 Å². The average molecular weight is 317 g/mol. The topological polar surface area (TPSA) is 120 Å². The molecule has 7 nitrogen and oxygen atoms in total. The molecule has 0 saturated heterocycles. The van der Waals surface area contributed by atoms with Crippen LogP contribution in [-0.2, 0) is 4.74 Å². The van der Waals surface area contributed by atoms with Gasteiger partial charge in [0.15, 0.2) is 0 Å². The first-order chi connectivity index (χ1) is 10.3. The summed E-state index contributed by atoms with van der Waals surface area (Å²) in [6.07, 6.45) is 2.41. The van der Waals surface area contributed by atoms with E-state index < -0.39 is 5.60 Å². The van der Waals surface area contributed by atoms with Crippen LogP contribution >= 0.6 is 0 Å². The summed E-state index contributed by atoms with van der Waals surface area (Å²) in [5.41, 5.74) is 16.8. The standard InChI is InChI=1S/C15H35N5O2/c1-15(2,3)22-14(21)19-9-5-4-6-13(18)12-20(10-7-16)11-8-17/h13H,4-12,16-18H2,1-3H3,(H,19,21). The quantitative estimate of drug-likeness (QED) is 0.405. The molecule has 132 valence electrons. The van der Waals surface area contributed by atoms with Gasteiger partial charge in [0.1, 0.15) is 5.60 Å². The lowest BCUT2D eigenvalue weighted by molar-refractivity contribution is 0.0527. The first-order valence-corrected chi connectivity index (χ1v) is 8.13. The molecule has 22 heavy (non-hydrogen) atoms. The van der Waals surface area contributed by atoms with Gasteiger partial charge < -0.3 is 27.3 Å². The number of nitrogens with two attached hydrogens (primary N) is 3. The first kappa shape index (κ1) is 21.1. The highest BCUT2D eigenvalue weighted by atomic mass is 16.6. The minimum Gasteiger partial charge on any atom is -0.444 e. The van der Waals surface area contributed by atoms with Crippen molar-refractivity contribution < 1.29 is 9.53 Å². The summed E-state index contributed by atoms with van der Waals surface area (Å²) in [6, 6.07) is 0.111. The number of unbranched alkanes of at least 4 members (excludes halogenated alkanes) is 1. The summed E-state index contributed by atoms with van der Waals surface area (Å²) < 4.78 is 5.17. The van der Waals surface area contributed by atoms with Gasteiger partial charge in [-0.25, -0.2) is 4.79 Å². The first-order valence-electron chi connectivity index (χ1n) is 8.13. The Labute approximate surface area is 134 Å². The van der Waals surface area contributed by atoms with Crippen molar-refractivity contribution in [2.75, 3.05) is 39.3 Å². The van der Waals surface area contributed by atoms with E-state index in [1.165, 1.54) is 0 Å². The second-order valence-corrected chi connectivity index (χ2v) is 6.56. The molecule has 0 aliphatic heterocycles. The van der Waals surface area contributed by atoms with Crippen molar-refractivity contribution >= 4 is 6.09 Å². The van der Waals surface area contributed by atoms with E-state index in [2.05, 4.69) is 10.2 Å². The third kappa shape index (κ3) is 12.8. The van der Waals surface area contributed by atoms with Gasteiger partial charge >= 0.3 is 6.09 Å². The Hall–Kier alpha value is -0.890. The van der Waals surface area contributed by atoms with Crippen molar-refractivity contribution in [1.82, 2.24) is 10.2 Å². The lowest BCUT2D eigenvalue weighted by atomic mass is 10.1. The van der Waals surface area contributed by atoms with Gasteiger partial charge in [-0.15, -0.1) is 0 Å². The predicted octanol–water partition coefficient (Wildman–Crippen LogP) is 0.228. The fraction of sp³-hybridized carbons (Fsp3) is 0.933. The van der Waals surface area contributed by atoms with E-state index >= 15 is 0 Å². The van der Waals surface area contributed by atoms with Crippen molar-refractivity contribution in [2.45, 2.75) is 51.7 Å². The van der Waals surface area contributed by atoms with E-state index in [4.69, 9.17) is 21.9 Å². The Morgan fingerprint density at radius 1 is 1.18 bits per heavy atom. The summed E-state index contributed by atoms with van der Waals surface area (Å²) >= 11 is 0. The number of hydrogen-bond acceptors (Lipinski definition) is 6. The predicted molar refractivity (Wildman–Crippen MR) is 90.6 cm³/mol. The van der Waals surface area contributed by atoms with Crippen molar-refractivity contribution in [3.63, 3.8) is 0 Å². The molecular weight excluding hydrogens is 282 g/mol. The monoisotopic (exact) mass is 317 g/mol. The number of rotatable bonds is 11. The molecule has 1 unspecified atom stereocenters. The van der Waals surface area contributed by atoms with E-state index in [-0.39, 0.29) is 12.1 Å². The van der Waals surface area contributed by atoms with E-state index in [1.807, 2.05) is 20.8 Å². The number of nitrogens with one attached hydrogen (secondary N) is 1. The molecule has 7 heteroatoms. The molecule has 0 radical (unpaired) electrons. The molecule has 0 bridgehead atoms. The van der Waals surface area contributed by atoms with Gasteiger partial charge in [0.05, 0.1) is 0 Å². The molecule has 1 amide bonds. The third-order valence-corrected chi connectivity index (χ3v) is 3.05. The number of ether oxygens (including phenoxy) is 1. The highest BCUT2D eigenvalue weighted by Crippen LogP contribution is 2.06. The molecule has 0 fully saturated rings. The normalized spacial score (nSPS) is 13.2. The Morgan fingerprint density at radius 2 is 1.77 bits per heavy atom. The van der Waals surface area contributed by atoms with Crippen LogP contribution in [0.5, 0.6) is 0 Å². The SMILES string of the molecule is CC(C)(C)OC(=O)NCCCCC(N)CN(CCN)CCN. The molecule has 0 aromatic carbocycles. The van der Waals surface area contributed by atoms with Crippen molar-refractivity contribution in [1.29, 1.82) is 0 Å². The maximum absolute atomic E-state index is 11.5. The largest absolute Gasteiger partial charge is 0.444 e. The fourth-order valence-electron chi connectivity index (χ4n) is 2.12. The lowest BCUT2D eigenvalue weighted by Gasteiger charge is -2.24. The van der Waals surface area contributed by atoms with Gasteiger partial charge in [-0.05, 0) is 33.6 Å². The summed E-state index contributed by atoms with van der Waals surface area (Å²) in [4.78, 5) is 13.7. The van der Waals surface area contributed by atoms with Gasteiger partial charge in [-0.1, -0.05) is 6.42 Å². The highest BCUT2D eigenvalue weighted by Gasteiger charge is 2.15. The molecule has 0 rings (SSSR count). The van der Waals surface area contributed by atoms with Crippen molar-refractivity contribution in [2.24, 2.45) is 17.2 Å². The van der Waals surface area contributed by atoms with Crippen LogP contribution in [0.15, 0.2) is 0 Å². The highest BCUT2D eigenvalue weighted by molar-refractivity contribution is 5.67. The second kappa shape index (κ2) is 11.6. The number of carbonyl (C=O) groups is 1. The summed E-state index contributed by atoms with van der Waals surface area (Å²) in [5, 5.41) is 2.75. The fourth-order valence-corrected chi connectivity index (χ4v) is 2.12. The van der Waals surface area contributed by atoms with Crippen LogP contribution in [0.1, 0.15) is 40.0 Å². The zero-order chi connectivity index (χ0) is 17.0. The maximum atomic E-state index is 11.5. The minimum absolute atomic E-state index is 0.111. The van der Waals surface area contributed by atoms with Gasteiger partial charge in [-0.3, -0.25) is 4.90 Å². The number of alkyl carbamates (subject to hydrolysis) is 1. The Bertz CT molecular complexity index is 288. The zero-order valence-corrected chi connectivity index (χ0v) is 14.4. The summed E-state index contributed by atoms with van der Waals surface area (Å²) in [6.45, 7) is 9.85. The van der Waals surface area contributed by atoms with E-state index in [9.17, 15) is 4.79 Å². The van der Waals surface area contributed by atoms with E-state index in [0.29, 0.717) is 19.6 Å². The van der Waals surface area contributed by atoms with Crippen LogP contribution < -0.4 is 22.5 Å². The lowest BCUT2D eigenvalue weighted by Crippen LogP contribution is -2.42. The van der Waals surface area contributed by atoms with Gasteiger partial charge in [0.2, 0.25) is 0 Å². The number of hydrogen-bond donors (Lipinski definition) is 4. The molecule has 1 atom stereocenters. The van der Waals surface area contributed by atoms with Crippen LogP contribution in [0.4, 0.5) is 4.79 Å². The molecule has 0 spiro atoms. The van der Waals surface area contributed by atoms with Crippen LogP contribution in [0, 0.1) is 0 Å². The van der Waals surface area contributed by atoms with Crippen LogP contribution in [0.2, 0.25) is 0 Å². The Kier molecular flexibility index (Phi) is 11.2. The van der Waals surface area contributed by atoms with Crippen LogP contribution in [-0.4, -0.2) is 61.9 Å². The van der Waals surface area contributed by atoms with Gasteiger partial charge in [0, 0.05) is 45.3 Å². The van der Waals surface area contributed by atoms with Gasteiger partial charge in [0.25, 0.3) is 0 Å². The zero-order valence-electron chi connectivity index (χ0n) is 14.4. The van der Waals surface area contributed by atoms with E-state index in [1.54, 1.807) is 0 Å². The molecule has 0 aromatic rings. The van der Waals surface area contributed by atoms with Crippen molar-refractivity contribution in [3.8, 4) is 0 Å². The molecule has 0 aliphatic carbocycles. The summed E-state index contributed by atoms with van der Waals surface area (Å²) in [5.74, 6) is 0. The average Bonchev–Trinajstić information content (AvgIpc) is 2.36. The summed E-state index contributed by atoms with van der Waals surface area (Å²) in [7, 11) is 0. The van der Waals surface area contributed by atoms with Gasteiger partial charge in [-0.2, -0.15) is 0 Å². The molecule has 0 aliphatic rings. The molecule has 0 heterocycles. The number of nitrogens with zero attached hydrogens (tertiary/aromatic N) is 1. The van der Waals surface area contributed by atoms with Crippen LogP contribution in [0.25, 0.3) is 0 Å². The second-order valence-electron chi connectivity index (χ2n) is 6.56. The Balaban J connectivity index is 3.71. The molecule has 0 aromatic heterocycles. The number of carbonyl (C=O) groups excluding carboxylic acids is 1. The molecular formula is C15H35N5O2. The Morgan fingerprint density at radius 3 is 2.27 bits per heavy atom. The molecule has 7 N–H and O–H groups in total.